The van der Waals surface area contributed by atoms with Crippen molar-refractivity contribution in [3.63, 3.8) is 0 Å². The number of sulfonamides is 1. The zero-order valence-electron chi connectivity index (χ0n) is 13.0. The van der Waals surface area contributed by atoms with Gasteiger partial charge in [0.05, 0.1) is 20.6 Å². The minimum absolute atomic E-state index is 0.0778. The summed E-state index contributed by atoms with van der Waals surface area (Å²) in [6.45, 7) is 2.81. The lowest BCUT2D eigenvalue weighted by molar-refractivity contribution is -0.135. The van der Waals surface area contributed by atoms with Crippen molar-refractivity contribution in [2.24, 2.45) is 0 Å². The molecule has 0 saturated heterocycles. The van der Waals surface area contributed by atoms with Gasteiger partial charge < -0.3 is 5.11 Å². The van der Waals surface area contributed by atoms with Gasteiger partial charge in [0.1, 0.15) is 6.54 Å². The fourth-order valence-corrected chi connectivity index (χ4v) is 4.04. The maximum absolute atomic E-state index is 13.0. The van der Waals surface area contributed by atoms with Gasteiger partial charge in [0.25, 0.3) is 10.0 Å². The summed E-state index contributed by atoms with van der Waals surface area (Å²) in [6.07, 6.45) is 0. The van der Waals surface area contributed by atoms with Crippen molar-refractivity contribution in [3.8, 4) is 0 Å². The first-order valence-corrected chi connectivity index (χ1v) is 9.09. The Morgan fingerprint density at radius 2 is 1.75 bits per heavy atom. The summed E-state index contributed by atoms with van der Waals surface area (Å²) in [7, 11) is -4.12. The number of carboxylic acids is 1. The Balaban J connectivity index is 2.64. The molecule has 24 heavy (non-hydrogen) atoms. The van der Waals surface area contributed by atoms with Crippen molar-refractivity contribution in [2.75, 3.05) is 10.8 Å². The molecule has 1 N–H and O–H groups in total. The molecule has 2 rings (SSSR count). The topological polar surface area (TPSA) is 74.7 Å². The van der Waals surface area contributed by atoms with Crippen LogP contribution in [0.1, 0.15) is 11.1 Å². The number of hydrogen-bond acceptors (Lipinski definition) is 3. The zero-order chi connectivity index (χ0) is 18.1. The predicted molar refractivity (Wildman–Crippen MR) is 94.5 cm³/mol. The Morgan fingerprint density at radius 3 is 2.33 bits per heavy atom. The van der Waals surface area contributed by atoms with Gasteiger partial charge in [0.15, 0.2) is 0 Å². The number of benzene rings is 2. The maximum Gasteiger partial charge on any atom is 0.324 e. The molecule has 0 saturated carbocycles. The summed E-state index contributed by atoms with van der Waals surface area (Å²) < 4.78 is 26.8. The molecule has 0 aliphatic rings. The fourth-order valence-electron chi connectivity index (χ4n) is 2.18. The van der Waals surface area contributed by atoms with E-state index in [1.54, 1.807) is 26.0 Å². The molecule has 0 unspecified atom stereocenters. The smallest absolute Gasteiger partial charge is 0.324 e. The van der Waals surface area contributed by atoms with E-state index in [0.717, 1.165) is 9.87 Å². The standard InChI is InChI=1S/C16H15Cl2NO4S/c1-10-3-4-11(2)15(7-10)19(9-16(20)21)24(22,23)12-5-6-13(17)14(18)8-12/h3-8H,9H2,1-2H3,(H,20,21). The molecule has 0 heterocycles. The quantitative estimate of drug-likeness (QED) is 0.843. The molecular weight excluding hydrogens is 373 g/mol. The van der Waals surface area contributed by atoms with Crippen LogP contribution in [0.3, 0.4) is 0 Å². The number of hydrogen-bond donors (Lipinski definition) is 1. The van der Waals surface area contributed by atoms with Gasteiger partial charge in [-0.1, -0.05) is 35.3 Å². The second-order valence-corrected chi connectivity index (χ2v) is 7.95. The van der Waals surface area contributed by atoms with Crippen molar-refractivity contribution < 1.29 is 18.3 Å². The molecule has 0 aromatic heterocycles. The van der Waals surface area contributed by atoms with Gasteiger partial charge in [0, 0.05) is 0 Å². The number of nitrogens with zero attached hydrogens (tertiary/aromatic N) is 1. The highest BCUT2D eigenvalue weighted by Crippen LogP contribution is 2.31. The lowest BCUT2D eigenvalue weighted by Gasteiger charge is -2.25. The molecule has 0 aliphatic heterocycles. The molecule has 128 valence electrons. The first-order valence-electron chi connectivity index (χ1n) is 6.90. The highest BCUT2D eigenvalue weighted by atomic mass is 35.5. The van der Waals surface area contributed by atoms with Crippen molar-refractivity contribution in [1.29, 1.82) is 0 Å². The SMILES string of the molecule is Cc1ccc(C)c(N(CC(=O)O)S(=O)(=O)c2ccc(Cl)c(Cl)c2)c1. The third kappa shape index (κ3) is 3.83. The Bertz CT molecular complexity index is 897. The van der Waals surface area contributed by atoms with E-state index >= 15 is 0 Å². The van der Waals surface area contributed by atoms with Crippen LogP contribution in [0.2, 0.25) is 10.0 Å². The highest BCUT2D eigenvalue weighted by Gasteiger charge is 2.28. The Labute approximate surface area is 150 Å². The minimum Gasteiger partial charge on any atom is -0.480 e. The third-order valence-corrected chi connectivity index (χ3v) is 5.89. The number of aliphatic carboxylic acids is 1. The minimum atomic E-state index is -4.12. The molecule has 2 aromatic carbocycles. The first-order chi connectivity index (χ1) is 11.1. The first kappa shape index (κ1) is 18.6. The highest BCUT2D eigenvalue weighted by molar-refractivity contribution is 7.92. The zero-order valence-corrected chi connectivity index (χ0v) is 15.3. The Morgan fingerprint density at radius 1 is 1.08 bits per heavy atom. The van der Waals surface area contributed by atoms with Gasteiger partial charge in [-0.05, 0) is 49.2 Å². The van der Waals surface area contributed by atoms with Crippen molar-refractivity contribution in [1.82, 2.24) is 0 Å². The van der Waals surface area contributed by atoms with Gasteiger partial charge in [0.2, 0.25) is 0 Å². The van der Waals surface area contributed by atoms with Crippen molar-refractivity contribution in [2.45, 2.75) is 18.7 Å². The molecule has 0 bridgehead atoms. The Kier molecular flexibility index (Phi) is 5.42. The number of halogens is 2. The van der Waals surface area contributed by atoms with E-state index in [9.17, 15) is 13.2 Å². The Hall–Kier alpha value is -1.76. The molecular formula is C16H15Cl2NO4S. The van der Waals surface area contributed by atoms with E-state index < -0.39 is 22.5 Å². The van der Waals surface area contributed by atoms with E-state index in [4.69, 9.17) is 28.3 Å². The molecule has 0 fully saturated rings. The summed E-state index contributed by atoms with van der Waals surface area (Å²) in [6, 6.07) is 9.06. The molecule has 2 aromatic rings. The van der Waals surface area contributed by atoms with Crippen molar-refractivity contribution >= 4 is 44.9 Å². The number of aryl methyl sites for hydroxylation is 2. The second kappa shape index (κ2) is 7.01. The van der Waals surface area contributed by atoms with Gasteiger partial charge in [-0.2, -0.15) is 0 Å². The predicted octanol–water partition coefficient (Wildman–Crippen LogP) is 3.89. The van der Waals surface area contributed by atoms with Gasteiger partial charge in [-0.15, -0.1) is 0 Å². The fraction of sp³-hybridized carbons (Fsp3) is 0.188. The molecule has 8 heteroatoms. The molecule has 0 amide bonds. The maximum atomic E-state index is 13.0. The largest absolute Gasteiger partial charge is 0.480 e. The van der Waals surface area contributed by atoms with Crippen LogP contribution in [0.25, 0.3) is 0 Å². The summed E-state index contributed by atoms with van der Waals surface area (Å²) in [5.74, 6) is -1.26. The van der Waals surface area contributed by atoms with Crippen LogP contribution in [0.15, 0.2) is 41.3 Å². The van der Waals surface area contributed by atoms with Crippen LogP contribution in [-0.4, -0.2) is 26.0 Å². The molecule has 0 aliphatic carbocycles. The number of anilines is 1. The second-order valence-electron chi connectivity index (χ2n) is 5.27. The molecule has 0 atom stereocenters. The van der Waals surface area contributed by atoms with Gasteiger partial charge in [-0.25, -0.2) is 8.42 Å². The normalized spacial score (nSPS) is 11.3. The number of rotatable bonds is 5. The lowest BCUT2D eigenvalue weighted by Crippen LogP contribution is -2.36. The van der Waals surface area contributed by atoms with Crippen LogP contribution < -0.4 is 4.31 Å². The summed E-state index contributed by atoms with van der Waals surface area (Å²) in [5.41, 5.74) is 1.77. The van der Waals surface area contributed by atoms with Crippen LogP contribution in [-0.2, 0) is 14.8 Å². The van der Waals surface area contributed by atoms with E-state index in [2.05, 4.69) is 0 Å². The lowest BCUT2D eigenvalue weighted by atomic mass is 10.1. The van der Waals surface area contributed by atoms with Crippen LogP contribution in [0, 0.1) is 13.8 Å². The van der Waals surface area contributed by atoms with Gasteiger partial charge in [-0.3, -0.25) is 9.10 Å². The molecule has 0 spiro atoms. The van der Waals surface area contributed by atoms with E-state index in [-0.39, 0.29) is 14.9 Å². The third-order valence-electron chi connectivity index (χ3n) is 3.39. The average Bonchev–Trinajstić information content (AvgIpc) is 2.50. The summed E-state index contributed by atoms with van der Waals surface area (Å²) >= 11 is 11.7. The van der Waals surface area contributed by atoms with Crippen molar-refractivity contribution in [3.05, 3.63) is 57.6 Å². The number of carbonyl (C=O) groups is 1. The summed E-state index contributed by atoms with van der Waals surface area (Å²) in [5, 5.41) is 9.45. The monoisotopic (exact) mass is 387 g/mol. The van der Waals surface area contributed by atoms with E-state index in [1.165, 1.54) is 18.2 Å². The number of carboxylic acid groups (broad SMARTS) is 1. The van der Waals surface area contributed by atoms with Crippen LogP contribution in [0.4, 0.5) is 5.69 Å². The van der Waals surface area contributed by atoms with Gasteiger partial charge >= 0.3 is 5.97 Å². The van der Waals surface area contributed by atoms with E-state index in [1.807, 2.05) is 6.07 Å². The molecule has 5 nitrogen and oxygen atoms in total. The van der Waals surface area contributed by atoms with Crippen LogP contribution in [0.5, 0.6) is 0 Å². The average molecular weight is 388 g/mol. The van der Waals surface area contributed by atoms with Crippen LogP contribution >= 0.6 is 23.2 Å². The summed E-state index contributed by atoms with van der Waals surface area (Å²) in [4.78, 5) is 11.1. The van der Waals surface area contributed by atoms with E-state index in [0.29, 0.717) is 11.3 Å². The molecule has 0 radical (unpaired) electrons.